The summed E-state index contributed by atoms with van der Waals surface area (Å²) >= 11 is 0. The van der Waals surface area contributed by atoms with E-state index >= 15 is 0 Å². The van der Waals surface area contributed by atoms with E-state index in [4.69, 9.17) is 4.74 Å². The highest BCUT2D eigenvalue weighted by molar-refractivity contribution is 5.96. The Balaban J connectivity index is 1.70. The van der Waals surface area contributed by atoms with Crippen LogP contribution in [-0.4, -0.2) is 33.7 Å². The van der Waals surface area contributed by atoms with Crippen molar-refractivity contribution in [2.45, 2.75) is 58.7 Å². The van der Waals surface area contributed by atoms with E-state index < -0.39 is 5.60 Å². The average molecular weight is 409 g/mol. The molecular weight excluding hydrogens is 379 g/mol. The fourth-order valence-corrected chi connectivity index (χ4v) is 4.32. The zero-order valence-electron chi connectivity index (χ0n) is 18.1. The Bertz CT molecular complexity index is 1080. The zero-order valence-corrected chi connectivity index (χ0v) is 18.1. The van der Waals surface area contributed by atoms with Crippen LogP contribution >= 0.6 is 0 Å². The number of hydrogen-bond acceptors (Lipinski definition) is 2. The maximum atomic E-state index is 14.1. The minimum absolute atomic E-state index is 0.0604. The number of nitrogens with zero attached hydrogens (tertiary/aromatic N) is 2. The van der Waals surface area contributed by atoms with E-state index in [-0.39, 0.29) is 18.0 Å². The van der Waals surface area contributed by atoms with Crippen LogP contribution in [0.1, 0.15) is 39.2 Å². The molecule has 0 unspecified atom stereocenters. The largest absolute Gasteiger partial charge is 0.444 e. The van der Waals surface area contributed by atoms with Crippen LogP contribution in [0, 0.1) is 12.7 Å². The summed E-state index contributed by atoms with van der Waals surface area (Å²) in [4.78, 5) is 14.5. The van der Waals surface area contributed by atoms with Crippen LogP contribution in [0.5, 0.6) is 0 Å². The Morgan fingerprint density at radius 1 is 1.17 bits per heavy atom. The van der Waals surface area contributed by atoms with Gasteiger partial charge in [0.25, 0.3) is 0 Å². The summed E-state index contributed by atoms with van der Waals surface area (Å²) in [6, 6.07) is 13.2. The second-order valence-corrected chi connectivity index (χ2v) is 9.14. The van der Waals surface area contributed by atoms with Gasteiger partial charge >= 0.3 is 6.09 Å². The van der Waals surface area contributed by atoms with Crippen molar-refractivity contribution < 1.29 is 13.9 Å². The minimum Gasteiger partial charge on any atom is -0.444 e. The number of ether oxygens (including phenoxy) is 1. The third kappa shape index (κ3) is 4.07. The van der Waals surface area contributed by atoms with E-state index in [0.717, 1.165) is 40.4 Å². The van der Waals surface area contributed by atoms with E-state index in [0.29, 0.717) is 13.1 Å². The van der Waals surface area contributed by atoms with Gasteiger partial charge in [-0.15, -0.1) is 0 Å². The third-order valence-electron chi connectivity index (χ3n) is 5.69. The van der Waals surface area contributed by atoms with Gasteiger partial charge in [-0.25, -0.2) is 9.18 Å². The second kappa shape index (κ2) is 7.78. The lowest BCUT2D eigenvalue weighted by molar-refractivity contribution is 0.0215. The molecule has 1 aliphatic heterocycles. The Morgan fingerprint density at radius 3 is 2.67 bits per heavy atom. The molecule has 4 rings (SSSR count). The summed E-state index contributed by atoms with van der Waals surface area (Å²) in [7, 11) is 0. The molecule has 2 heterocycles. The van der Waals surface area contributed by atoms with Crippen LogP contribution in [-0.2, 0) is 11.3 Å². The molecule has 0 bridgehead atoms. The van der Waals surface area contributed by atoms with Gasteiger partial charge in [0.15, 0.2) is 0 Å². The highest BCUT2D eigenvalue weighted by atomic mass is 19.1. The molecule has 1 fully saturated rings. The summed E-state index contributed by atoms with van der Waals surface area (Å²) in [6.07, 6.45) is 3.73. The molecular formula is C25H29FN2O2. The number of halogens is 1. The second-order valence-electron chi connectivity index (χ2n) is 9.14. The van der Waals surface area contributed by atoms with Crippen LogP contribution in [0.25, 0.3) is 22.0 Å². The quantitative estimate of drug-likeness (QED) is 0.520. The zero-order chi connectivity index (χ0) is 21.5. The predicted octanol–water partition coefficient (Wildman–Crippen LogP) is 6.16. The summed E-state index contributed by atoms with van der Waals surface area (Å²) in [6.45, 7) is 9.10. The van der Waals surface area contributed by atoms with Crippen molar-refractivity contribution >= 4 is 17.0 Å². The average Bonchev–Trinajstić information content (AvgIpc) is 3.26. The topological polar surface area (TPSA) is 34.5 Å². The predicted molar refractivity (Wildman–Crippen MR) is 118 cm³/mol. The monoisotopic (exact) mass is 408 g/mol. The van der Waals surface area contributed by atoms with E-state index in [1.807, 2.05) is 43.9 Å². The molecule has 1 amide bonds. The van der Waals surface area contributed by atoms with Gasteiger partial charge in [0.2, 0.25) is 0 Å². The summed E-state index contributed by atoms with van der Waals surface area (Å²) in [5.41, 5.74) is 3.73. The lowest BCUT2D eigenvalue weighted by atomic mass is 10.0. The van der Waals surface area contributed by atoms with Gasteiger partial charge in [0.1, 0.15) is 11.4 Å². The number of rotatable bonds is 3. The van der Waals surface area contributed by atoms with E-state index in [2.05, 4.69) is 29.8 Å². The molecule has 2 aromatic carbocycles. The molecule has 3 aromatic rings. The lowest BCUT2D eigenvalue weighted by Gasteiger charge is -2.29. The number of hydrogen-bond donors (Lipinski definition) is 0. The first-order chi connectivity index (χ1) is 14.2. The molecule has 4 nitrogen and oxygen atoms in total. The number of carbonyl (C=O) groups is 1. The van der Waals surface area contributed by atoms with Crippen molar-refractivity contribution in [2.75, 3.05) is 6.54 Å². The maximum Gasteiger partial charge on any atom is 0.410 e. The van der Waals surface area contributed by atoms with Crippen molar-refractivity contribution in [1.29, 1.82) is 0 Å². The Kier molecular flexibility index (Phi) is 5.31. The fourth-order valence-electron chi connectivity index (χ4n) is 4.32. The molecule has 1 aromatic heterocycles. The lowest BCUT2D eigenvalue weighted by Crippen LogP contribution is -2.41. The molecule has 0 N–H and O–H groups in total. The van der Waals surface area contributed by atoms with Crippen molar-refractivity contribution in [2.24, 2.45) is 0 Å². The molecule has 0 radical (unpaired) electrons. The van der Waals surface area contributed by atoms with Gasteiger partial charge in [0, 0.05) is 35.8 Å². The number of fused-ring (bicyclic) bond motifs is 1. The van der Waals surface area contributed by atoms with Crippen LogP contribution in [0.15, 0.2) is 48.7 Å². The summed E-state index contributed by atoms with van der Waals surface area (Å²) < 4.78 is 21.9. The van der Waals surface area contributed by atoms with Gasteiger partial charge in [-0.05, 0) is 69.9 Å². The van der Waals surface area contributed by atoms with E-state index in [1.54, 1.807) is 6.07 Å². The number of aryl methyl sites for hydroxylation is 1. The molecule has 0 aliphatic carbocycles. The van der Waals surface area contributed by atoms with Crippen LogP contribution < -0.4 is 0 Å². The van der Waals surface area contributed by atoms with Crippen molar-refractivity contribution in [1.82, 2.24) is 9.47 Å². The highest BCUT2D eigenvalue weighted by Crippen LogP contribution is 2.34. The van der Waals surface area contributed by atoms with Crippen LogP contribution in [0.4, 0.5) is 9.18 Å². The van der Waals surface area contributed by atoms with Crippen molar-refractivity contribution in [3.63, 3.8) is 0 Å². The summed E-state index contributed by atoms with van der Waals surface area (Å²) in [5, 5.41) is 0.895. The number of benzene rings is 2. The first-order valence-corrected chi connectivity index (χ1v) is 10.6. The Morgan fingerprint density at radius 2 is 1.93 bits per heavy atom. The van der Waals surface area contributed by atoms with Gasteiger partial charge in [-0.2, -0.15) is 0 Å². The summed E-state index contributed by atoms with van der Waals surface area (Å²) in [5.74, 6) is -0.244. The van der Waals surface area contributed by atoms with Crippen LogP contribution in [0.2, 0.25) is 0 Å². The van der Waals surface area contributed by atoms with E-state index in [9.17, 15) is 9.18 Å². The van der Waals surface area contributed by atoms with Crippen LogP contribution in [0.3, 0.4) is 0 Å². The molecule has 1 atom stereocenters. The fraction of sp³-hybridized carbons (Fsp3) is 0.400. The number of amides is 1. The van der Waals surface area contributed by atoms with E-state index in [1.165, 1.54) is 6.07 Å². The standard InChI is InChI=1S/C25H29FN2O2/c1-17-8-5-6-10-20(17)22-16-27(23-12-11-18(26)14-21(22)23)15-19-9-7-13-28(19)24(29)30-25(2,3)4/h5-6,8,10-12,14,16,19H,7,9,13,15H2,1-4H3/t19-/m0/s1. The van der Waals surface area contributed by atoms with Crippen molar-refractivity contribution in [3.05, 3.63) is 60.0 Å². The van der Waals surface area contributed by atoms with Gasteiger partial charge in [-0.3, -0.25) is 0 Å². The molecule has 30 heavy (non-hydrogen) atoms. The molecule has 1 saturated heterocycles. The Hall–Kier alpha value is -2.82. The molecule has 5 heteroatoms. The first-order valence-electron chi connectivity index (χ1n) is 10.6. The molecule has 0 saturated carbocycles. The van der Waals surface area contributed by atoms with Crippen molar-refractivity contribution in [3.8, 4) is 11.1 Å². The Labute approximate surface area is 177 Å². The molecule has 158 valence electrons. The van der Waals surface area contributed by atoms with Gasteiger partial charge in [0.05, 0.1) is 6.04 Å². The molecule has 0 spiro atoms. The van der Waals surface area contributed by atoms with Gasteiger partial charge in [-0.1, -0.05) is 24.3 Å². The third-order valence-corrected chi connectivity index (χ3v) is 5.69. The van der Waals surface area contributed by atoms with Gasteiger partial charge < -0.3 is 14.2 Å². The normalized spacial score (nSPS) is 17.0. The SMILES string of the molecule is Cc1ccccc1-c1cn(C[C@@H]2CCCN2C(=O)OC(C)(C)C)c2ccc(F)cc12. The number of likely N-dealkylation sites (tertiary alicyclic amines) is 1. The first kappa shape index (κ1) is 20.5. The highest BCUT2D eigenvalue weighted by Gasteiger charge is 2.32. The smallest absolute Gasteiger partial charge is 0.410 e. The number of aromatic nitrogens is 1. The minimum atomic E-state index is -0.514. The number of carbonyl (C=O) groups excluding carboxylic acids is 1. The maximum absolute atomic E-state index is 14.1. The molecule has 1 aliphatic rings.